The first-order valence-corrected chi connectivity index (χ1v) is 12.9. The minimum Gasteiger partial charge on any atom is -0.336 e. The maximum Gasteiger partial charge on any atom is 0.253 e. The van der Waals surface area contributed by atoms with Gasteiger partial charge in [-0.15, -0.1) is 23.5 Å². The molecule has 0 bridgehead atoms. The molecule has 5 nitrogen and oxygen atoms in total. The Labute approximate surface area is 178 Å². The highest BCUT2D eigenvalue weighted by Gasteiger charge is 2.30. The van der Waals surface area contributed by atoms with Crippen molar-refractivity contribution in [1.29, 1.82) is 0 Å². The lowest BCUT2D eigenvalue weighted by Crippen LogP contribution is -2.50. The second-order valence-corrected chi connectivity index (χ2v) is 11.5. The normalized spacial score (nSPS) is 18.9. The number of benzene rings is 2. The Bertz CT molecular complexity index is 967. The highest BCUT2D eigenvalue weighted by atomic mass is 32.2. The molecule has 2 aromatic carbocycles. The van der Waals surface area contributed by atoms with Gasteiger partial charge in [-0.25, -0.2) is 12.8 Å². The average Bonchev–Trinajstić information content (AvgIpc) is 3.29. The van der Waals surface area contributed by atoms with E-state index in [4.69, 9.17) is 0 Å². The van der Waals surface area contributed by atoms with Gasteiger partial charge in [0, 0.05) is 43.2 Å². The molecular weight excluding hydrogens is 431 g/mol. The monoisotopic (exact) mass is 452 g/mol. The van der Waals surface area contributed by atoms with E-state index < -0.39 is 15.8 Å². The molecule has 29 heavy (non-hydrogen) atoms. The zero-order valence-electron chi connectivity index (χ0n) is 15.7. The summed E-state index contributed by atoms with van der Waals surface area (Å²) in [4.78, 5) is 14.6. The summed E-state index contributed by atoms with van der Waals surface area (Å²) >= 11 is 3.85. The summed E-state index contributed by atoms with van der Waals surface area (Å²) in [5.41, 5.74) is 1.85. The molecule has 9 heteroatoms. The van der Waals surface area contributed by atoms with Crippen LogP contribution in [0.15, 0.2) is 53.4 Å². The SMILES string of the molecule is O=C(c1ccc(C2SCCS2)cc1)N1CCN(S(=O)(=O)c2ccc(F)cc2)CC1. The first kappa shape index (κ1) is 20.7. The summed E-state index contributed by atoms with van der Waals surface area (Å²) in [5.74, 6) is 1.75. The van der Waals surface area contributed by atoms with Crippen LogP contribution in [0.3, 0.4) is 0 Å². The largest absolute Gasteiger partial charge is 0.336 e. The third kappa shape index (κ3) is 4.47. The highest BCUT2D eigenvalue weighted by molar-refractivity contribution is 8.19. The van der Waals surface area contributed by atoms with Gasteiger partial charge in [-0.1, -0.05) is 12.1 Å². The lowest BCUT2D eigenvalue weighted by molar-refractivity contribution is 0.0698. The number of amides is 1. The summed E-state index contributed by atoms with van der Waals surface area (Å²) in [6.45, 7) is 1.10. The second-order valence-electron chi connectivity index (χ2n) is 6.85. The number of hydrogen-bond donors (Lipinski definition) is 0. The Morgan fingerprint density at radius 2 is 1.48 bits per heavy atom. The van der Waals surface area contributed by atoms with Gasteiger partial charge in [0.2, 0.25) is 10.0 Å². The fourth-order valence-electron chi connectivity index (χ4n) is 3.40. The molecule has 0 spiro atoms. The van der Waals surface area contributed by atoms with Gasteiger partial charge in [-0.05, 0) is 42.0 Å². The van der Waals surface area contributed by atoms with E-state index in [1.807, 2.05) is 47.8 Å². The van der Waals surface area contributed by atoms with Crippen molar-refractivity contribution in [2.75, 3.05) is 37.7 Å². The van der Waals surface area contributed by atoms with Crippen LogP contribution in [0, 0.1) is 5.82 Å². The minimum atomic E-state index is -3.68. The average molecular weight is 453 g/mol. The van der Waals surface area contributed by atoms with E-state index in [2.05, 4.69) is 0 Å². The molecule has 0 radical (unpaired) electrons. The smallest absolute Gasteiger partial charge is 0.253 e. The summed E-state index contributed by atoms with van der Waals surface area (Å²) < 4.78 is 40.3. The van der Waals surface area contributed by atoms with Crippen LogP contribution in [0.5, 0.6) is 0 Å². The summed E-state index contributed by atoms with van der Waals surface area (Å²) in [7, 11) is -3.68. The molecule has 1 amide bonds. The van der Waals surface area contributed by atoms with Crippen LogP contribution in [-0.4, -0.2) is 61.2 Å². The van der Waals surface area contributed by atoms with Crippen molar-refractivity contribution in [3.8, 4) is 0 Å². The van der Waals surface area contributed by atoms with E-state index in [9.17, 15) is 17.6 Å². The van der Waals surface area contributed by atoms with Crippen LogP contribution < -0.4 is 0 Å². The molecule has 2 aliphatic heterocycles. The van der Waals surface area contributed by atoms with E-state index in [1.165, 1.54) is 22.0 Å². The summed E-state index contributed by atoms with van der Waals surface area (Å²) in [6.07, 6.45) is 0. The summed E-state index contributed by atoms with van der Waals surface area (Å²) in [5, 5.41) is 0. The lowest BCUT2D eigenvalue weighted by atomic mass is 10.1. The molecule has 0 N–H and O–H groups in total. The molecule has 2 aliphatic rings. The van der Waals surface area contributed by atoms with E-state index in [-0.39, 0.29) is 23.9 Å². The van der Waals surface area contributed by atoms with Gasteiger partial charge in [-0.2, -0.15) is 4.31 Å². The molecule has 0 saturated carbocycles. The third-order valence-electron chi connectivity index (χ3n) is 5.03. The first-order valence-electron chi connectivity index (χ1n) is 9.33. The number of piperazine rings is 1. The number of rotatable bonds is 4. The van der Waals surface area contributed by atoms with Crippen molar-refractivity contribution in [2.24, 2.45) is 0 Å². The Balaban J connectivity index is 1.38. The Kier molecular flexibility index (Phi) is 6.19. The van der Waals surface area contributed by atoms with Crippen molar-refractivity contribution < 1.29 is 17.6 Å². The Morgan fingerprint density at radius 1 is 0.897 bits per heavy atom. The second kappa shape index (κ2) is 8.67. The number of carbonyl (C=O) groups excluding carboxylic acids is 1. The van der Waals surface area contributed by atoms with Crippen LogP contribution in [0.2, 0.25) is 0 Å². The lowest BCUT2D eigenvalue weighted by Gasteiger charge is -2.34. The molecule has 2 fully saturated rings. The third-order valence-corrected chi connectivity index (χ3v) is 10.0. The van der Waals surface area contributed by atoms with Gasteiger partial charge >= 0.3 is 0 Å². The van der Waals surface area contributed by atoms with Crippen LogP contribution in [0.4, 0.5) is 4.39 Å². The number of sulfonamides is 1. The maximum absolute atomic E-state index is 13.1. The zero-order chi connectivity index (χ0) is 20.4. The van der Waals surface area contributed by atoms with Gasteiger partial charge in [-0.3, -0.25) is 4.79 Å². The fourth-order valence-corrected chi connectivity index (χ4v) is 7.69. The molecule has 2 saturated heterocycles. The predicted molar refractivity (Wildman–Crippen MR) is 115 cm³/mol. The molecule has 0 aromatic heterocycles. The molecule has 2 aromatic rings. The zero-order valence-corrected chi connectivity index (χ0v) is 18.1. The van der Waals surface area contributed by atoms with Gasteiger partial charge in [0.1, 0.15) is 5.82 Å². The van der Waals surface area contributed by atoms with Crippen LogP contribution in [0.25, 0.3) is 0 Å². The number of nitrogens with zero attached hydrogens (tertiary/aromatic N) is 2. The first-order chi connectivity index (χ1) is 13.9. The topological polar surface area (TPSA) is 57.7 Å². The van der Waals surface area contributed by atoms with Crippen molar-refractivity contribution in [3.63, 3.8) is 0 Å². The van der Waals surface area contributed by atoms with Gasteiger partial charge in [0.15, 0.2) is 0 Å². The number of thioether (sulfide) groups is 2. The minimum absolute atomic E-state index is 0.0666. The molecule has 0 atom stereocenters. The molecular formula is C20H21FN2O3S3. The molecule has 154 valence electrons. The Morgan fingerprint density at radius 3 is 2.07 bits per heavy atom. The van der Waals surface area contributed by atoms with E-state index in [0.29, 0.717) is 23.2 Å². The Hall–Kier alpha value is -1.55. The quantitative estimate of drug-likeness (QED) is 0.711. The molecule has 2 heterocycles. The number of carbonyl (C=O) groups is 1. The van der Waals surface area contributed by atoms with Gasteiger partial charge in [0.25, 0.3) is 5.91 Å². The predicted octanol–water partition coefficient (Wildman–Crippen LogP) is 3.45. The number of hydrogen-bond acceptors (Lipinski definition) is 5. The molecule has 4 rings (SSSR count). The van der Waals surface area contributed by atoms with Gasteiger partial charge < -0.3 is 4.90 Å². The standard InChI is InChI=1S/C20H21FN2O3S3/c21-17-5-7-18(8-6-17)29(25,26)23-11-9-22(10-12-23)19(24)15-1-3-16(4-2-15)20-27-13-14-28-20/h1-8,20H,9-14H2. The van der Waals surface area contributed by atoms with Gasteiger partial charge in [0.05, 0.1) is 9.48 Å². The van der Waals surface area contributed by atoms with Crippen molar-refractivity contribution in [2.45, 2.75) is 9.48 Å². The van der Waals surface area contributed by atoms with Crippen molar-refractivity contribution in [1.82, 2.24) is 9.21 Å². The molecule has 0 unspecified atom stereocenters. The van der Waals surface area contributed by atoms with Crippen molar-refractivity contribution >= 4 is 39.5 Å². The van der Waals surface area contributed by atoms with E-state index >= 15 is 0 Å². The highest BCUT2D eigenvalue weighted by Crippen LogP contribution is 2.45. The summed E-state index contributed by atoms with van der Waals surface area (Å²) in [6, 6.07) is 12.6. The van der Waals surface area contributed by atoms with Crippen molar-refractivity contribution in [3.05, 3.63) is 65.5 Å². The van der Waals surface area contributed by atoms with Crippen LogP contribution in [0.1, 0.15) is 20.5 Å². The van der Waals surface area contributed by atoms with Crippen LogP contribution in [-0.2, 0) is 10.0 Å². The molecule has 0 aliphatic carbocycles. The number of halogens is 1. The van der Waals surface area contributed by atoms with Crippen LogP contribution >= 0.6 is 23.5 Å². The van der Waals surface area contributed by atoms with E-state index in [1.54, 1.807) is 4.90 Å². The maximum atomic E-state index is 13.1. The van der Waals surface area contributed by atoms with E-state index in [0.717, 1.165) is 23.6 Å². The fraction of sp³-hybridized carbons (Fsp3) is 0.350.